The van der Waals surface area contributed by atoms with Gasteiger partial charge >= 0.3 is 0 Å². The van der Waals surface area contributed by atoms with Gasteiger partial charge in [-0.25, -0.2) is 0 Å². The number of rotatable bonds is 2. The van der Waals surface area contributed by atoms with Gasteiger partial charge in [-0.2, -0.15) is 0 Å². The summed E-state index contributed by atoms with van der Waals surface area (Å²) < 4.78 is 0. The molecular weight excluding hydrogens is 140 g/mol. The monoisotopic (exact) mass is 156 g/mol. The van der Waals surface area contributed by atoms with Crippen LogP contribution in [0.3, 0.4) is 0 Å². The van der Waals surface area contributed by atoms with Crippen molar-refractivity contribution >= 4 is 0 Å². The molecule has 2 fully saturated rings. The average molecular weight is 156 g/mol. The molecule has 2 N–H and O–H groups in total. The molecule has 0 amide bonds. The quantitative estimate of drug-likeness (QED) is 0.572. The van der Waals surface area contributed by atoms with Gasteiger partial charge < -0.3 is 10.4 Å². The smallest absolute Gasteiger partial charge is 0.110 e. The molecule has 0 aromatic carbocycles. The van der Waals surface area contributed by atoms with E-state index in [0.717, 1.165) is 26.2 Å². The Labute approximate surface area is 67.4 Å². The zero-order valence-corrected chi connectivity index (χ0v) is 6.79. The van der Waals surface area contributed by atoms with Crippen LogP contribution in [0.1, 0.15) is 12.8 Å². The van der Waals surface area contributed by atoms with Gasteiger partial charge in [0, 0.05) is 26.2 Å². The molecule has 64 valence electrons. The van der Waals surface area contributed by atoms with Crippen molar-refractivity contribution in [3.8, 4) is 0 Å². The standard InChI is InChI=1S/C8H16N2O/c11-8(7-1-2-7)10-5-3-9-4-6-10/h7-9,11H,1-6H2. The van der Waals surface area contributed by atoms with Crippen LogP contribution in [0, 0.1) is 5.92 Å². The molecule has 0 radical (unpaired) electrons. The van der Waals surface area contributed by atoms with E-state index in [9.17, 15) is 5.11 Å². The second-order valence-corrected chi connectivity index (χ2v) is 3.54. The van der Waals surface area contributed by atoms with Crippen LogP contribution in [0.15, 0.2) is 0 Å². The van der Waals surface area contributed by atoms with E-state index < -0.39 is 0 Å². The third-order valence-corrected chi connectivity index (χ3v) is 2.57. The molecule has 0 aromatic rings. The van der Waals surface area contributed by atoms with Gasteiger partial charge in [0.2, 0.25) is 0 Å². The van der Waals surface area contributed by atoms with Crippen LogP contribution in [0.5, 0.6) is 0 Å². The normalized spacial score (nSPS) is 30.3. The second kappa shape index (κ2) is 3.09. The first-order chi connectivity index (χ1) is 5.38. The second-order valence-electron chi connectivity index (χ2n) is 3.54. The lowest BCUT2D eigenvalue weighted by Gasteiger charge is -2.31. The summed E-state index contributed by atoms with van der Waals surface area (Å²) in [4.78, 5) is 2.19. The van der Waals surface area contributed by atoms with E-state index in [-0.39, 0.29) is 6.23 Å². The molecule has 3 heteroatoms. The molecule has 1 aliphatic heterocycles. The van der Waals surface area contributed by atoms with Gasteiger partial charge in [0.05, 0.1) is 0 Å². The van der Waals surface area contributed by atoms with Crippen molar-refractivity contribution in [1.82, 2.24) is 10.2 Å². The van der Waals surface area contributed by atoms with Crippen molar-refractivity contribution in [3.63, 3.8) is 0 Å². The first-order valence-electron chi connectivity index (χ1n) is 4.51. The summed E-state index contributed by atoms with van der Waals surface area (Å²) in [5, 5.41) is 13.0. The largest absolute Gasteiger partial charge is 0.378 e. The Hall–Kier alpha value is -0.120. The maximum Gasteiger partial charge on any atom is 0.110 e. The molecular formula is C8H16N2O. The van der Waals surface area contributed by atoms with Gasteiger partial charge in [0.1, 0.15) is 6.23 Å². The fraction of sp³-hybridized carbons (Fsp3) is 1.00. The summed E-state index contributed by atoms with van der Waals surface area (Å²) in [6.07, 6.45) is 2.31. The van der Waals surface area contributed by atoms with E-state index in [1.807, 2.05) is 0 Å². The van der Waals surface area contributed by atoms with E-state index in [1.165, 1.54) is 12.8 Å². The third kappa shape index (κ3) is 1.72. The van der Waals surface area contributed by atoms with Gasteiger partial charge in [-0.05, 0) is 18.8 Å². The van der Waals surface area contributed by atoms with E-state index in [0.29, 0.717) is 5.92 Å². The lowest BCUT2D eigenvalue weighted by molar-refractivity contribution is -0.0193. The number of piperazine rings is 1. The van der Waals surface area contributed by atoms with Crippen LogP contribution in [0.4, 0.5) is 0 Å². The van der Waals surface area contributed by atoms with Crippen molar-refractivity contribution in [2.75, 3.05) is 26.2 Å². The molecule has 1 atom stereocenters. The SMILES string of the molecule is OC(C1CC1)N1CCNCC1. The maximum absolute atomic E-state index is 9.71. The number of nitrogens with one attached hydrogen (secondary N) is 1. The molecule has 3 nitrogen and oxygen atoms in total. The van der Waals surface area contributed by atoms with Crippen molar-refractivity contribution < 1.29 is 5.11 Å². The predicted molar refractivity (Wildman–Crippen MR) is 43.2 cm³/mol. The highest BCUT2D eigenvalue weighted by molar-refractivity contribution is 4.83. The summed E-state index contributed by atoms with van der Waals surface area (Å²) in [5.41, 5.74) is 0. The van der Waals surface area contributed by atoms with Gasteiger partial charge in [-0.1, -0.05) is 0 Å². The fourth-order valence-corrected chi connectivity index (χ4v) is 1.64. The molecule has 2 rings (SSSR count). The minimum Gasteiger partial charge on any atom is -0.378 e. The zero-order valence-electron chi connectivity index (χ0n) is 6.79. The number of nitrogens with zero attached hydrogens (tertiary/aromatic N) is 1. The van der Waals surface area contributed by atoms with Crippen LogP contribution in [0.2, 0.25) is 0 Å². The number of aliphatic hydroxyl groups is 1. The Kier molecular flexibility index (Phi) is 2.11. The Balaban J connectivity index is 1.81. The number of hydrogen-bond donors (Lipinski definition) is 2. The molecule has 11 heavy (non-hydrogen) atoms. The van der Waals surface area contributed by atoms with Gasteiger partial charge in [0.25, 0.3) is 0 Å². The van der Waals surface area contributed by atoms with E-state index in [1.54, 1.807) is 0 Å². The van der Waals surface area contributed by atoms with Crippen molar-refractivity contribution in [2.45, 2.75) is 19.1 Å². The van der Waals surface area contributed by atoms with Crippen molar-refractivity contribution in [1.29, 1.82) is 0 Å². The molecule has 1 unspecified atom stereocenters. The first-order valence-corrected chi connectivity index (χ1v) is 4.51. The molecule has 0 aromatic heterocycles. The van der Waals surface area contributed by atoms with Gasteiger partial charge in [-0.15, -0.1) is 0 Å². The lowest BCUT2D eigenvalue weighted by atomic mass is 10.3. The number of aliphatic hydroxyl groups excluding tert-OH is 1. The highest BCUT2D eigenvalue weighted by atomic mass is 16.3. The van der Waals surface area contributed by atoms with Gasteiger partial charge in [0.15, 0.2) is 0 Å². The fourth-order valence-electron chi connectivity index (χ4n) is 1.64. The van der Waals surface area contributed by atoms with Crippen LogP contribution in [-0.2, 0) is 0 Å². The molecule has 2 aliphatic rings. The summed E-state index contributed by atoms with van der Waals surface area (Å²) >= 11 is 0. The third-order valence-electron chi connectivity index (χ3n) is 2.57. The minimum absolute atomic E-state index is 0.142. The summed E-state index contributed by atoms with van der Waals surface area (Å²) in [6, 6.07) is 0. The topological polar surface area (TPSA) is 35.5 Å². The van der Waals surface area contributed by atoms with Crippen LogP contribution >= 0.6 is 0 Å². The Bertz CT molecular complexity index is 130. The Morgan fingerprint density at radius 3 is 2.45 bits per heavy atom. The highest BCUT2D eigenvalue weighted by Gasteiger charge is 2.33. The molecule has 1 saturated heterocycles. The van der Waals surface area contributed by atoms with E-state index in [2.05, 4.69) is 10.2 Å². The molecule has 1 heterocycles. The predicted octanol–water partition coefficient (Wildman–Crippen LogP) is -0.380. The van der Waals surface area contributed by atoms with Crippen molar-refractivity contribution in [3.05, 3.63) is 0 Å². The van der Waals surface area contributed by atoms with Crippen molar-refractivity contribution in [2.24, 2.45) is 5.92 Å². The van der Waals surface area contributed by atoms with Gasteiger partial charge in [-0.3, -0.25) is 4.90 Å². The highest BCUT2D eigenvalue weighted by Crippen LogP contribution is 2.33. The van der Waals surface area contributed by atoms with Crippen LogP contribution in [0.25, 0.3) is 0 Å². The van der Waals surface area contributed by atoms with Crippen LogP contribution < -0.4 is 5.32 Å². The first kappa shape index (κ1) is 7.53. The molecule has 0 spiro atoms. The van der Waals surface area contributed by atoms with E-state index >= 15 is 0 Å². The average Bonchev–Trinajstić information content (AvgIpc) is 2.87. The van der Waals surface area contributed by atoms with Crippen LogP contribution in [-0.4, -0.2) is 42.4 Å². The summed E-state index contributed by atoms with van der Waals surface area (Å²) in [5.74, 6) is 0.591. The van der Waals surface area contributed by atoms with E-state index in [4.69, 9.17) is 0 Å². The number of hydrogen-bond acceptors (Lipinski definition) is 3. The molecule has 1 saturated carbocycles. The Morgan fingerprint density at radius 2 is 1.91 bits per heavy atom. The Morgan fingerprint density at radius 1 is 1.27 bits per heavy atom. The lowest BCUT2D eigenvalue weighted by Crippen LogP contribution is -2.49. The summed E-state index contributed by atoms with van der Waals surface area (Å²) in [7, 11) is 0. The minimum atomic E-state index is -0.142. The molecule has 1 aliphatic carbocycles. The summed E-state index contributed by atoms with van der Waals surface area (Å²) in [6.45, 7) is 4.09. The molecule has 0 bridgehead atoms. The maximum atomic E-state index is 9.71. The zero-order chi connectivity index (χ0) is 7.68.